The van der Waals surface area contributed by atoms with Crippen molar-refractivity contribution in [3.63, 3.8) is 0 Å². The van der Waals surface area contributed by atoms with Crippen LogP contribution in [0.5, 0.6) is 11.5 Å². The van der Waals surface area contributed by atoms with Crippen LogP contribution in [-0.4, -0.2) is 36.5 Å². The molecule has 0 radical (unpaired) electrons. The van der Waals surface area contributed by atoms with Gasteiger partial charge in [-0.2, -0.15) is 0 Å². The SMILES string of the molecule is COc1ccc(CCN2Cc3cc(NC(=O)c4ccccc4)ccc3O[C@@H](C)C2=O)cc1. The molecule has 1 heterocycles. The molecule has 164 valence electrons. The predicted molar refractivity (Wildman–Crippen MR) is 123 cm³/mol. The van der Waals surface area contributed by atoms with E-state index < -0.39 is 6.10 Å². The number of amides is 2. The maximum absolute atomic E-state index is 12.9. The van der Waals surface area contributed by atoms with E-state index in [9.17, 15) is 9.59 Å². The van der Waals surface area contributed by atoms with Crippen LogP contribution in [-0.2, 0) is 17.8 Å². The monoisotopic (exact) mass is 430 g/mol. The van der Waals surface area contributed by atoms with Crippen molar-refractivity contribution in [3.8, 4) is 11.5 Å². The van der Waals surface area contributed by atoms with Gasteiger partial charge in [0.05, 0.1) is 7.11 Å². The molecule has 3 aromatic rings. The van der Waals surface area contributed by atoms with Crippen LogP contribution in [0.25, 0.3) is 0 Å². The lowest BCUT2D eigenvalue weighted by Crippen LogP contribution is -2.39. The van der Waals surface area contributed by atoms with Crippen molar-refractivity contribution in [3.05, 3.63) is 89.5 Å². The van der Waals surface area contributed by atoms with E-state index in [0.29, 0.717) is 30.1 Å². The van der Waals surface area contributed by atoms with Gasteiger partial charge in [0.15, 0.2) is 6.10 Å². The van der Waals surface area contributed by atoms with E-state index in [2.05, 4.69) is 5.32 Å². The van der Waals surface area contributed by atoms with Gasteiger partial charge in [0.1, 0.15) is 11.5 Å². The van der Waals surface area contributed by atoms with Gasteiger partial charge < -0.3 is 19.7 Å². The molecule has 1 N–H and O–H groups in total. The van der Waals surface area contributed by atoms with Gasteiger partial charge in [0.25, 0.3) is 11.8 Å². The van der Waals surface area contributed by atoms with Crippen molar-refractivity contribution in [2.24, 2.45) is 0 Å². The number of hydrogen-bond donors (Lipinski definition) is 1. The molecule has 0 bridgehead atoms. The maximum Gasteiger partial charge on any atom is 0.263 e. The Labute approximate surface area is 187 Å². The number of ether oxygens (including phenoxy) is 2. The van der Waals surface area contributed by atoms with E-state index in [1.807, 2.05) is 59.5 Å². The van der Waals surface area contributed by atoms with Crippen molar-refractivity contribution in [2.45, 2.75) is 26.0 Å². The van der Waals surface area contributed by atoms with Gasteiger partial charge in [-0.15, -0.1) is 0 Å². The van der Waals surface area contributed by atoms with E-state index >= 15 is 0 Å². The Morgan fingerprint density at radius 3 is 2.56 bits per heavy atom. The molecule has 0 saturated carbocycles. The van der Waals surface area contributed by atoms with Crippen molar-refractivity contribution in [1.29, 1.82) is 0 Å². The standard InChI is InChI=1S/C26H26N2O4/c1-18-26(30)28(15-14-19-8-11-23(31-2)12-9-19)17-21-16-22(10-13-24(21)32-18)27-25(29)20-6-4-3-5-7-20/h3-13,16,18H,14-15,17H2,1-2H3,(H,27,29)/t18-/m0/s1. The predicted octanol–water partition coefficient (Wildman–Crippen LogP) is 4.30. The second kappa shape index (κ2) is 9.56. The van der Waals surface area contributed by atoms with Gasteiger partial charge in [0.2, 0.25) is 0 Å². The van der Waals surface area contributed by atoms with E-state index in [-0.39, 0.29) is 11.8 Å². The first-order valence-corrected chi connectivity index (χ1v) is 10.6. The van der Waals surface area contributed by atoms with Crippen LogP contribution in [0.1, 0.15) is 28.4 Å². The number of nitrogens with zero attached hydrogens (tertiary/aromatic N) is 1. The molecule has 0 spiro atoms. The third kappa shape index (κ3) is 4.91. The summed E-state index contributed by atoms with van der Waals surface area (Å²) < 4.78 is 11.1. The fourth-order valence-electron chi connectivity index (χ4n) is 3.72. The molecule has 32 heavy (non-hydrogen) atoms. The van der Waals surface area contributed by atoms with Gasteiger partial charge in [0, 0.05) is 29.9 Å². The van der Waals surface area contributed by atoms with Crippen LogP contribution < -0.4 is 14.8 Å². The van der Waals surface area contributed by atoms with E-state index in [1.165, 1.54) is 0 Å². The Morgan fingerprint density at radius 1 is 1.09 bits per heavy atom. The Bertz CT molecular complexity index is 1100. The fraction of sp³-hybridized carbons (Fsp3) is 0.231. The van der Waals surface area contributed by atoms with Crippen molar-refractivity contribution < 1.29 is 19.1 Å². The van der Waals surface area contributed by atoms with Crippen molar-refractivity contribution in [1.82, 2.24) is 4.90 Å². The molecule has 2 amide bonds. The third-order valence-electron chi connectivity index (χ3n) is 5.51. The topological polar surface area (TPSA) is 67.9 Å². The normalized spacial score (nSPS) is 15.4. The zero-order valence-electron chi connectivity index (χ0n) is 18.2. The summed E-state index contributed by atoms with van der Waals surface area (Å²) in [7, 11) is 1.64. The summed E-state index contributed by atoms with van der Waals surface area (Å²) in [6.45, 7) is 2.76. The number of benzene rings is 3. The van der Waals surface area contributed by atoms with E-state index in [1.54, 1.807) is 32.2 Å². The Kier molecular flexibility index (Phi) is 6.40. The van der Waals surface area contributed by atoms with Crippen molar-refractivity contribution in [2.75, 3.05) is 19.0 Å². The highest BCUT2D eigenvalue weighted by Gasteiger charge is 2.27. The summed E-state index contributed by atoms with van der Waals surface area (Å²) in [5, 5.41) is 2.92. The van der Waals surface area contributed by atoms with Gasteiger partial charge >= 0.3 is 0 Å². The highest BCUT2D eigenvalue weighted by molar-refractivity contribution is 6.04. The van der Waals surface area contributed by atoms with Crippen LogP contribution in [0.2, 0.25) is 0 Å². The fourth-order valence-corrected chi connectivity index (χ4v) is 3.72. The summed E-state index contributed by atoms with van der Waals surface area (Å²) in [4.78, 5) is 27.2. The minimum absolute atomic E-state index is 0.0513. The summed E-state index contributed by atoms with van der Waals surface area (Å²) in [5.41, 5.74) is 3.24. The van der Waals surface area contributed by atoms with Crippen LogP contribution >= 0.6 is 0 Å². The maximum atomic E-state index is 12.9. The molecule has 1 aliphatic heterocycles. The van der Waals surface area contributed by atoms with Gasteiger partial charge in [-0.05, 0) is 61.4 Å². The number of anilines is 1. The molecule has 0 aliphatic carbocycles. The third-order valence-corrected chi connectivity index (χ3v) is 5.51. The Hall–Kier alpha value is -3.80. The molecule has 6 heteroatoms. The molecule has 0 saturated heterocycles. The van der Waals surface area contributed by atoms with E-state index in [0.717, 1.165) is 23.3 Å². The molecule has 0 fully saturated rings. The average molecular weight is 431 g/mol. The van der Waals surface area contributed by atoms with Crippen molar-refractivity contribution >= 4 is 17.5 Å². The average Bonchev–Trinajstić information content (AvgIpc) is 2.94. The first-order valence-electron chi connectivity index (χ1n) is 10.6. The molecule has 6 nitrogen and oxygen atoms in total. The summed E-state index contributed by atoms with van der Waals surface area (Å²) in [6, 6.07) is 22.4. The van der Waals surface area contributed by atoms with Crippen LogP contribution in [0.15, 0.2) is 72.8 Å². The quantitative estimate of drug-likeness (QED) is 0.633. The minimum atomic E-state index is -0.572. The molecular formula is C26H26N2O4. The number of carbonyl (C=O) groups is 2. The number of rotatable bonds is 6. The largest absolute Gasteiger partial charge is 0.497 e. The number of nitrogens with one attached hydrogen (secondary N) is 1. The number of hydrogen-bond acceptors (Lipinski definition) is 4. The van der Waals surface area contributed by atoms with Crippen LogP contribution in [0, 0.1) is 0 Å². The second-order valence-electron chi connectivity index (χ2n) is 7.76. The molecule has 1 aliphatic rings. The highest BCUT2D eigenvalue weighted by atomic mass is 16.5. The lowest BCUT2D eigenvalue weighted by molar-refractivity contribution is -0.137. The number of fused-ring (bicyclic) bond motifs is 1. The molecule has 0 unspecified atom stereocenters. The summed E-state index contributed by atoms with van der Waals surface area (Å²) in [5.74, 6) is 1.24. The zero-order chi connectivity index (χ0) is 22.5. The lowest BCUT2D eigenvalue weighted by atomic mass is 10.1. The minimum Gasteiger partial charge on any atom is -0.497 e. The molecule has 4 rings (SSSR count). The second-order valence-corrected chi connectivity index (χ2v) is 7.76. The number of methoxy groups -OCH3 is 1. The Balaban J connectivity index is 1.49. The lowest BCUT2D eigenvalue weighted by Gasteiger charge is -2.22. The van der Waals surface area contributed by atoms with Gasteiger partial charge in [-0.3, -0.25) is 9.59 Å². The van der Waals surface area contributed by atoms with Gasteiger partial charge in [-0.1, -0.05) is 30.3 Å². The summed E-state index contributed by atoms with van der Waals surface area (Å²) >= 11 is 0. The Morgan fingerprint density at radius 2 is 1.84 bits per heavy atom. The first kappa shape index (κ1) is 21.4. The summed E-state index contributed by atoms with van der Waals surface area (Å²) in [6.07, 6.45) is 0.152. The smallest absolute Gasteiger partial charge is 0.263 e. The van der Waals surface area contributed by atoms with Gasteiger partial charge in [-0.25, -0.2) is 0 Å². The van der Waals surface area contributed by atoms with Crippen LogP contribution in [0.4, 0.5) is 5.69 Å². The zero-order valence-corrected chi connectivity index (χ0v) is 18.2. The first-order chi connectivity index (χ1) is 15.5. The van der Waals surface area contributed by atoms with E-state index in [4.69, 9.17) is 9.47 Å². The molecule has 0 aromatic heterocycles. The number of carbonyl (C=O) groups excluding carboxylic acids is 2. The molecule has 3 aromatic carbocycles. The highest BCUT2D eigenvalue weighted by Crippen LogP contribution is 2.29. The molecule has 1 atom stereocenters. The molecular weight excluding hydrogens is 404 g/mol. The van der Waals surface area contributed by atoms with Crippen LogP contribution in [0.3, 0.4) is 0 Å².